The van der Waals surface area contributed by atoms with E-state index in [4.69, 9.17) is 5.11 Å². The fourth-order valence-electron chi connectivity index (χ4n) is 1.46. The molecule has 1 amide bonds. The smallest absolute Gasteiger partial charge is 0.471 e. The molecule has 0 radical (unpaired) electrons. The van der Waals surface area contributed by atoms with Gasteiger partial charge in [0.1, 0.15) is 6.54 Å². The third kappa shape index (κ3) is 4.61. The highest BCUT2D eigenvalue weighted by Crippen LogP contribution is 2.20. The molecule has 0 bridgehead atoms. The lowest BCUT2D eigenvalue weighted by atomic mass is 10.1. The number of alkyl halides is 3. The second kappa shape index (κ2) is 5.73. The number of carbonyl (C=O) groups is 2. The molecule has 1 N–H and O–H groups in total. The van der Waals surface area contributed by atoms with Gasteiger partial charge >= 0.3 is 18.1 Å². The van der Waals surface area contributed by atoms with Crippen LogP contribution in [0.15, 0.2) is 24.3 Å². The minimum Gasteiger partial charge on any atom is -0.480 e. The Labute approximate surface area is 107 Å². The third-order valence-electron chi connectivity index (χ3n) is 2.35. The molecule has 1 rings (SSSR count). The van der Waals surface area contributed by atoms with Crippen LogP contribution in [0.4, 0.5) is 13.2 Å². The standard InChI is InChI=1S/C12H12F3NO3/c1-8-2-4-9(5-3-8)6-16(7-10(17)18)11(19)12(13,14)15/h2-5H,6-7H2,1H3,(H,17,18). The van der Waals surface area contributed by atoms with Crippen molar-refractivity contribution in [2.24, 2.45) is 0 Å². The van der Waals surface area contributed by atoms with Crippen LogP contribution >= 0.6 is 0 Å². The van der Waals surface area contributed by atoms with Gasteiger partial charge in [0.05, 0.1) is 0 Å². The number of amides is 1. The Balaban J connectivity index is 2.89. The van der Waals surface area contributed by atoms with Crippen LogP contribution in [0.1, 0.15) is 11.1 Å². The van der Waals surface area contributed by atoms with Crippen LogP contribution in [0.3, 0.4) is 0 Å². The average molecular weight is 275 g/mol. The summed E-state index contributed by atoms with van der Waals surface area (Å²) in [5, 5.41) is 8.56. The molecule has 0 unspecified atom stereocenters. The van der Waals surface area contributed by atoms with Crippen molar-refractivity contribution < 1.29 is 27.9 Å². The van der Waals surface area contributed by atoms with Gasteiger partial charge in [-0.2, -0.15) is 13.2 Å². The van der Waals surface area contributed by atoms with E-state index in [0.29, 0.717) is 5.56 Å². The van der Waals surface area contributed by atoms with Crippen molar-refractivity contribution in [2.45, 2.75) is 19.6 Å². The Kier molecular flexibility index (Phi) is 4.52. The summed E-state index contributed by atoms with van der Waals surface area (Å²) in [7, 11) is 0. The van der Waals surface area contributed by atoms with Gasteiger partial charge in [-0.25, -0.2) is 0 Å². The van der Waals surface area contributed by atoms with Crippen molar-refractivity contribution in [3.05, 3.63) is 35.4 Å². The van der Waals surface area contributed by atoms with Crippen LogP contribution in [0, 0.1) is 6.92 Å². The fourth-order valence-corrected chi connectivity index (χ4v) is 1.46. The van der Waals surface area contributed by atoms with Crippen LogP contribution in [0.5, 0.6) is 0 Å². The molecule has 0 saturated carbocycles. The number of rotatable bonds is 4. The molecule has 0 saturated heterocycles. The molecule has 0 spiro atoms. The predicted octanol–water partition coefficient (Wildman–Crippen LogP) is 1.97. The van der Waals surface area contributed by atoms with Gasteiger partial charge in [-0.05, 0) is 12.5 Å². The molecule has 1 aromatic rings. The van der Waals surface area contributed by atoms with Crippen LogP contribution in [-0.4, -0.2) is 34.6 Å². The number of halogens is 3. The molecule has 104 valence electrons. The second-order valence-electron chi connectivity index (χ2n) is 4.04. The Morgan fingerprint density at radius 3 is 2.16 bits per heavy atom. The van der Waals surface area contributed by atoms with E-state index in [1.807, 2.05) is 0 Å². The number of carboxylic acid groups (broad SMARTS) is 1. The second-order valence-corrected chi connectivity index (χ2v) is 4.04. The number of carbonyl (C=O) groups excluding carboxylic acids is 1. The van der Waals surface area contributed by atoms with E-state index in [2.05, 4.69) is 0 Å². The summed E-state index contributed by atoms with van der Waals surface area (Å²) in [5.41, 5.74) is 1.35. The van der Waals surface area contributed by atoms with Crippen molar-refractivity contribution >= 4 is 11.9 Å². The van der Waals surface area contributed by atoms with Gasteiger partial charge in [0.2, 0.25) is 0 Å². The Morgan fingerprint density at radius 2 is 1.74 bits per heavy atom. The maximum atomic E-state index is 12.3. The maximum absolute atomic E-state index is 12.3. The Hall–Kier alpha value is -2.05. The normalized spacial score (nSPS) is 11.2. The molecule has 0 aliphatic rings. The van der Waals surface area contributed by atoms with E-state index in [1.54, 1.807) is 31.2 Å². The van der Waals surface area contributed by atoms with E-state index in [9.17, 15) is 22.8 Å². The van der Waals surface area contributed by atoms with E-state index < -0.39 is 31.1 Å². The molecular formula is C12H12F3NO3. The molecule has 7 heteroatoms. The first-order valence-electron chi connectivity index (χ1n) is 5.33. The van der Waals surface area contributed by atoms with Gasteiger partial charge in [-0.15, -0.1) is 0 Å². The molecule has 0 aliphatic carbocycles. The summed E-state index contributed by atoms with van der Waals surface area (Å²) in [6.07, 6.45) is -5.08. The lowest BCUT2D eigenvalue weighted by molar-refractivity contribution is -0.187. The average Bonchev–Trinajstić information content (AvgIpc) is 2.28. The minimum atomic E-state index is -5.08. The molecule has 4 nitrogen and oxygen atoms in total. The maximum Gasteiger partial charge on any atom is 0.471 e. The highest BCUT2D eigenvalue weighted by atomic mass is 19.4. The number of aryl methyl sites for hydroxylation is 1. The first kappa shape index (κ1) is 15.0. The van der Waals surface area contributed by atoms with Crippen molar-refractivity contribution in [1.29, 1.82) is 0 Å². The van der Waals surface area contributed by atoms with Gasteiger partial charge < -0.3 is 10.0 Å². The van der Waals surface area contributed by atoms with Crippen LogP contribution in [-0.2, 0) is 16.1 Å². The quantitative estimate of drug-likeness (QED) is 0.914. The molecule has 0 fully saturated rings. The molecule has 0 aliphatic heterocycles. The molecule has 0 atom stereocenters. The highest BCUT2D eigenvalue weighted by molar-refractivity contribution is 5.85. The predicted molar refractivity (Wildman–Crippen MR) is 60.3 cm³/mol. The molecule has 0 heterocycles. The Bertz CT molecular complexity index is 468. The number of nitrogens with zero attached hydrogens (tertiary/aromatic N) is 1. The minimum absolute atomic E-state index is 0.257. The van der Waals surface area contributed by atoms with Gasteiger partial charge in [0.25, 0.3) is 0 Å². The monoisotopic (exact) mass is 275 g/mol. The van der Waals surface area contributed by atoms with Gasteiger partial charge in [-0.3, -0.25) is 9.59 Å². The van der Waals surface area contributed by atoms with Crippen molar-refractivity contribution in [3.8, 4) is 0 Å². The van der Waals surface area contributed by atoms with Gasteiger partial charge in [0.15, 0.2) is 0 Å². The lowest BCUT2D eigenvalue weighted by Gasteiger charge is -2.22. The summed E-state index contributed by atoms with van der Waals surface area (Å²) >= 11 is 0. The zero-order valence-electron chi connectivity index (χ0n) is 10.1. The summed E-state index contributed by atoms with van der Waals surface area (Å²) in [6.45, 7) is 0.413. The number of aliphatic carboxylic acids is 1. The van der Waals surface area contributed by atoms with Crippen molar-refractivity contribution in [3.63, 3.8) is 0 Å². The van der Waals surface area contributed by atoms with Gasteiger partial charge in [0, 0.05) is 6.54 Å². The lowest BCUT2D eigenvalue weighted by Crippen LogP contribution is -2.43. The summed E-state index contributed by atoms with van der Waals surface area (Å²) in [4.78, 5) is 21.9. The zero-order chi connectivity index (χ0) is 14.6. The van der Waals surface area contributed by atoms with Crippen LogP contribution in [0.2, 0.25) is 0 Å². The fraction of sp³-hybridized carbons (Fsp3) is 0.333. The SMILES string of the molecule is Cc1ccc(CN(CC(=O)O)C(=O)C(F)(F)F)cc1. The topological polar surface area (TPSA) is 57.6 Å². The summed E-state index contributed by atoms with van der Waals surface area (Å²) in [5.74, 6) is -3.65. The highest BCUT2D eigenvalue weighted by Gasteiger charge is 2.42. The summed E-state index contributed by atoms with van der Waals surface area (Å²) in [6, 6.07) is 6.44. The number of benzene rings is 1. The molecule has 19 heavy (non-hydrogen) atoms. The van der Waals surface area contributed by atoms with Crippen LogP contribution < -0.4 is 0 Å². The van der Waals surface area contributed by atoms with Crippen molar-refractivity contribution in [2.75, 3.05) is 6.54 Å². The van der Waals surface area contributed by atoms with Crippen LogP contribution in [0.25, 0.3) is 0 Å². The van der Waals surface area contributed by atoms with E-state index in [1.165, 1.54) is 0 Å². The van der Waals surface area contributed by atoms with Gasteiger partial charge in [-0.1, -0.05) is 29.8 Å². The van der Waals surface area contributed by atoms with E-state index >= 15 is 0 Å². The third-order valence-corrected chi connectivity index (χ3v) is 2.35. The number of hydrogen-bond donors (Lipinski definition) is 1. The Morgan fingerprint density at radius 1 is 1.21 bits per heavy atom. The largest absolute Gasteiger partial charge is 0.480 e. The first-order chi connectivity index (χ1) is 8.70. The van der Waals surface area contributed by atoms with Crippen molar-refractivity contribution in [1.82, 2.24) is 4.90 Å². The molecule has 1 aromatic carbocycles. The number of carboxylic acids is 1. The summed E-state index contributed by atoms with van der Waals surface area (Å²) < 4.78 is 37.0. The van der Waals surface area contributed by atoms with E-state index in [0.717, 1.165) is 5.56 Å². The first-order valence-corrected chi connectivity index (χ1v) is 5.33. The number of hydrogen-bond acceptors (Lipinski definition) is 2. The van der Waals surface area contributed by atoms with E-state index in [-0.39, 0.29) is 4.90 Å². The zero-order valence-corrected chi connectivity index (χ0v) is 10.1. The molecular weight excluding hydrogens is 263 g/mol. The molecule has 0 aromatic heterocycles.